The van der Waals surface area contributed by atoms with Crippen LogP contribution in [0.25, 0.3) is 0 Å². The van der Waals surface area contributed by atoms with Gasteiger partial charge in [-0.3, -0.25) is 4.79 Å². The van der Waals surface area contributed by atoms with Crippen LogP contribution in [0, 0.1) is 0 Å². The molecule has 1 aromatic carbocycles. The van der Waals surface area contributed by atoms with Crippen LogP contribution < -0.4 is 0 Å². The zero-order chi connectivity index (χ0) is 17.5. The molecule has 0 fully saturated rings. The lowest BCUT2D eigenvalue weighted by Crippen LogP contribution is -2.30. The summed E-state index contributed by atoms with van der Waals surface area (Å²) in [6.45, 7) is 2.76. The third-order valence-corrected chi connectivity index (χ3v) is 4.39. The molecule has 0 saturated carbocycles. The van der Waals surface area contributed by atoms with E-state index in [4.69, 9.17) is 8.83 Å². The molecule has 0 aliphatic rings. The van der Waals surface area contributed by atoms with E-state index in [0.717, 1.165) is 24.4 Å². The fraction of sp³-hybridized carbons (Fsp3) is 0.286. The van der Waals surface area contributed by atoms with Gasteiger partial charge in [0.15, 0.2) is 0 Å². The molecule has 1 atom stereocenters. The molecule has 1 amide bonds. The van der Waals surface area contributed by atoms with E-state index in [2.05, 4.69) is 12.1 Å². The van der Waals surface area contributed by atoms with E-state index in [1.807, 2.05) is 47.4 Å². The second-order valence-corrected chi connectivity index (χ2v) is 6.21. The Balaban J connectivity index is 1.67. The van der Waals surface area contributed by atoms with Crippen LogP contribution in [-0.4, -0.2) is 17.4 Å². The van der Waals surface area contributed by atoms with Gasteiger partial charge >= 0.3 is 0 Å². The Kier molecular flexibility index (Phi) is 5.73. The molecule has 4 nitrogen and oxygen atoms in total. The van der Waals surface area contributed by atoms with Gasteiger partial charge in [-0.15, -0.1) is 0 Å². The molecule has 0 unspecified atom stereocenters. The summed E-state index contributed by atoms with van der Waals surface area (Å²) < 4.78 is 11.0. The minimum atomic E-state index is 0.0503. The average Bonchev–Trinajstić information content (AvgIpc) is 3.31. The first-order valence-electron chi connectivity index (χ1n) is 8.57. The second-order valence-electron chi connectivity index (χ2n) is 6.21. The van der Waals surface area contributed by atoms with Gasteiger partial charge in [-0.25, -0.2) is 0 Å². The van der Waals surface area contributed by atoms with Gasteiger partial charge in [-0.05, 0) is 42.7 Å². The normalized spacial score (nSPS) is 12.0. The summed E-state index contributed by atoms with van der Waals surface area (Å²) in [6, 6.07) is 18.0. The molecule has 130 valence electrons. The Morgan fingerprint density at radius 1 is 1.00 bits per heavy atom. The lowest BCUT2D eigenvalue weighted by Gasteiger charge is -2.23. The van der Waals surface area contributed by atoms with Crippen LogP contribution in [0.5, 0.6) is 0 Å². The van der Waals surface area contributed by atoms with Gasteiger partial charge in [0.2, 0.25) is 5.91 Å². The quantitative estimate of drug-likeness (QED) is 0.602. The second kappa shape index (κ2) is 8.38. The van der Waals surface area contributed by atoms with Crippen LogP contribution in [0.2, 0.25) is 0 Å². The maximum absolute atomic E-state index is 12.0. The first-order chi connectivity index (χ1) is 12.2. The van der Waals surface area contributed by atoms with Crippen molar-refractivity contribution in [3.05, 3.63) is 84.2 Å². The van der Waals surface area contributed by atoms with E-state index in [0.29, 0.717) is 13.1 Å². The number of nitrogens with zero attached hydrogens (tertiary/aromatic N) is 1. The fourth-order valence-corrected chi connectivity index (χ4v) is 3.02. The predicted molar refractivity (Wildman–Crippen MR) is 96.0 cm³/mol. The highest BCUT2D eigenvalue weighted by molar-refractivity contribution is 5.73. The summed E-state index contributed by atoms with van der Waals surface area (Å²) >= 11 is 0. The number of rotatable bonds is 8. The van der Waals surface area contributed by atoms with Gasteiger partial charge < -0.3 is 13.7 Å². The molecular weight excluding hydrogens is 314 g/mol. The Labute approximate surface area is 148 Å². The van der Waals surface area contributed by atoms with Crippen LogP contribution in [0.1, 0.15) is 36.3 Å². The number of carbonyl (C=O) groups is 1. The standard InChI is InChI=1S/C21H23NO3/c1-17(23)22(16-20-9-5-13-24-20)12-11-19(21-10-6-14-25-21)15-18-7-3-2-4-8-18/h2-10,13-14,19H,11-12,15-16H2,1H3/t19-/m1/s1. The van der Waals surface area contributed by atoms with Crippen molar-refractivity contribution in [2.24, 2.45) is 0 Å². The SMILES string of the molecule is CC(=O)N(CC[C@H](Cc1ccccc1)c1ccco1)Cc1ccco1. The topological polar surface area (TPSA) is 46.6 Å². The summed E-state index contributed by atoms with van der Waals surface area (Å²) in [5, 5.41) is 0. The molecule has 2 aromatic heterocycles. The highest BCUT2D eigenvalue weighted by Gasteiger charge is 2.19. The van der Waals surface area contributed by atoms with Crippen molar-refractivity contribution in [1.29, 1.82) is 0 Å². The van der Waals surface area contributed by atoms with Crippen molar-refractivity contribution in [2.75, 3.05) is 6.54 Å². The van der Waals surface area contributed by atoms with Crippen LogP contribution in [0.4, 0.5) is 0 Å². The summed E-state index contributed by atoms with van der Waals surface area (Å²) in [4.78, 5) is 13.8. The summed E-state index contributed by atoms with van der Waals surface area (Å²) in [6.07, 6.45) is 5.07. The molecule has 0 spiro atoms. The van der Waals surface area contributed by atoms with Gasteiger partial charge in [0.1, 0.15) is 11.5 Å². The van der Waals surface area contributed by atoms with Crippen molar-refractivity contribution in [3.8, 4) is 0 Å². The molecule has 0 aliphatic heterocycles. The zero-order valence-electron chi connectivity index (χ0n) is 14.4. The van der Waals surface area contributed by atoms with E-state index in [-0.39, 0.29) is 11.8 Å². The van der Waals surface area contributed by atoms with E-state index in [1.165, 1.54) is 5.56 Å². The van der Waals surface area contributed by atoms with E-state index >= 15 is 0 Å². The molecule has 25 heavy (non-hydrogen) atoms. The van der Waals surface area contributed by atoms with E-state index in [1.54, 1.807) is 19.5 Å². The van der Waals surface area contributed by atoms with Crippen LogP contribution in [0.15, 0.2) is 76.0 Å². The molecular formula is C21H23NO3. The molecule has 4 heteroatoms. The van der Waals surface area contributed by atoms with Crippen molar-refractivity contribution < 1.29 is 13.6 Å². The Morgan fingerprint density at radius 2 is 1.76 bits per heavy atom. The van der Waals surface area contributed by atoms with Gasteiger partial charge in [0, 0.05) is 19.4 Å². The number of hydrogen-bond acceptors (Lipinski definition) is 3. The highest BCUT2D eigenvalue weighted by atomic mass is 16.3. The maximum Gasteiger partial charge on any atom is 0.219 e. The molecule has 0 aliphatic carbocycles. The van der Waals surface area contributed by atoms with Gasteiger partial charge in [-0.1, -0.05) is 30.3 Å². The third-order valence-electron chi connectivity index (χ3n) is 4.39. The van der Waals surface area contributed by atoms with Gasteiger partial charge in [0.25, 0.3) is 0 Å². The number of furan rings is 2. The predicted octanol–water partition coefficient (Wildman–Crippen LogP) is 4.64. The van der Waals surface area contributed by atoms with Crippen LogP contribution in [0.3, 0.4) is 0 Å². The molecule has 0 N–H and O–H groups in total. The monoisotopic (exact) mass is 337 g/mol. The van der Waals surface area contributed by atoms with Crippen molar-refractivity contribution in [1.82, 2.24) is 4.90 Å². The highest BCUT2D eigenvalue weighted by Crippen LogP contribution is 2.25. The van der Waals surface area contributed by atoms with Gasteiger partial charge in [0.05, 0.1) is 19.1 Å². The van der Waals surface area contributed by atoms with E-state index < -0.39 is 0 Å². The van der Waals surface area contributed by atoms with Crippen molar-refractivity contribution >= 4 is 5.91 Å². The Hall–Kier alpha value is -2.75. The first-order valence-corrected chi connectivity index (χ1v) is 8.57. The zero-order valence-corrected chi connectivity index (χ0v) is 14.4. The van der Waals surface area contributed by atoms with Crippen LogP contribution >= 0.6 is 0 Å². The van der Waals surface area contributed by atoms with E-state index in [9.17, 15) is 4.79 Å². The summed E-state index contributed by atoms with van der Waals surface area (Å²) in [5.41, 5.74) is 1.27. The maximum atomic E-state index is 12.0. The van der Waals surface area contributed by atoms with Gasteiger partial charge in [-0.2, -0.15) is 0 Å². The van der Waals surface area contributed by atoms with Crippen molar-refractivity contribution in [3.63, 3.8) is 0 Å². The third kappa shape index (κ3) is 4.86. The molecule has 3 rings (SSSR count). The van der Waals surface area contributed by atoms with Crippen molar-refractivity contribution in [2.45, 2.75) is 32.2 Å². The van der Waals surface area contributed by atoms with Crippen LogP contribution in [-0.2, 0) is 17.8 Å². The number of benzene rings is 1. The largest absolute Gasteiger partial charge is 0.469 e. The molecule has 2 heterocycles. The Bertz CT molecular complexity index is 748. The molecule has 0 bridgehead atoms. The average molecular weight is 337 g/mol. The summed E-state index contributed by atoms with van der Waals surface area (Å²) in [7, 11) is 0. The lowest BCUT2D eigenvalue weighted by atomic mass is 9.93. The molecule has 0 saturated heterocycles. The fourth-order valence-electron chi connectivity index (χ4n) is 3.02. The lowest BCUT2D eigenvalue weighted by molar-refractivity contribution is -0.129. The minimum absolute atomic E-state index is 0.0503. The number of carbonyl (C=O) groups excluding carboxylic acids is 1. The molecule has 0 radical (unpaired) electrons. The Morgan fingerprint density at radius 3 is 2.40 bits per heavy atom. The smallest absolute Gasteiger partial charge is 0.219 e. The first kappa shape index (κ1) is 17.1. The summed E-state index contributed by atoms with van der Waals surface area (Å²) in [5.74, 6) is 2.04. The number of amides is 1. The minimum Gasteiger partial charge on any atom is -0.469 e. The number of hydrogen-bond donors (Lipinski definition) is 0. The molecule has 3 aromatic rings.